The van der Waals surface area contributed by atoms with Gasteiger partial charge in [0.05, 0.1) is 10.6 Å². The van der Waals surface area contributed by atoms with E-state index in [1.165, 1.54) is 0 Å². The van der Waals surface area contributed by atoms with Crippen LogP contribution in [0, 0.1) is 5.92 Å². The van der Waals surface area contributed by atoms with Crippen LogP contribution in [0.4, 0.5) is 11.4 Å². The Morgan fingerprint density at radius 1 is 1.17 bits per heavy atom. The molecule has 0 aromatic heterocycles. The Morgan fingerprint density at radius 2 is 1.87 bits per heavy atom. The second kappa shape index (κ2) is 9.52. The van der Waals surface area contributed by atoms with Crippen molar-refractivity contribution in [2.75, 3.05) is 24.3 Å². The van der Waals surface area contributed by atoms with Gasteiger partial charge in [0, 0.05) is 44.0 Å². The summed E-state index contributed by atoms with van der Waals surface area (Å²) in [6, 6.07) is 13.1. The van der Waals surface area contributed by atoms with E-state index < -0.39 is 0 Å². The minimum absolute atomic E-state index is 0.0356. The Morgan fingerprint density at radius 3 is 2.47 bits per heavy atom. The van der Waals surface area contributed by atoms with Gasteiger partial charge in [-0.3, -0.25) is 9.59 Å². The molecule has 1 aliphatic rings. The van der Waals surface area contributed by atoms with Gasteiger partial charge in [-0.15, -0.1) is 0 Å². The van der Waals surface area contributed by atoms with Crippen molar-refractivity contribution < 1.29 is 9.59 Å². The highest BCUT2D eigenvalue weighted by Gasteiger charge is 2.30. The molecule has 0 aliphatic heterocycles. The lowest BCUT2D eigenvalue weighted by molar-refractivity contribution is -0.117. The standard InChI is InChI=1S/C24H30ClN3O2/c1-5-16(2)28(24(30)20-8-6-7-9-21(20)25)15-18-14-19(12-13-22(18)27(3)4)26-23(29)17-10-11-17/h6-9,12-14,16-17H,5,10-11,15H2,1-4H3,(H,26,29)/t16-/m1/s1. The zero-order valence-electron chi connectivity index (χ0n) is 18.1. The maximum atomic E-state index is 13.4. The SMILES string of the molecule is CC[C@@H](C)N(Cc1cc(NC(=O)C2CC2)ccc1N(C)C)C(=O)c1ccccc1Cl. The van der Waals surface area contributed by atoms with Crippen LogP contribution < -0.4 is 10.2 Å². The summed E-state index contributed by atoms with van der Waals surface area (Å²) in [7, 11) is 3.95. The number of nitrogens with zero attached hydrogens (tertiary/aromatic N) is 2. The van der Waals surface area contributed by atoms with Crippen molar-refractivity contribution >= 4 is 34.8 Å². The monoisotopic (exact) mass is 427 g/mol. The summed E-state index contributed by atoms with van der Waals surface area (Å²) in [5, 5.41) is 3.47. The molecule has 0 saturated heterocycles. The largest absolute Gasteiger partial charge is 0.377 e. The molecule has 6 heteroatoms. The first kappa shape index (κ1) is 22.2. The van der Waals surface area contributed by atoms with Gasteiger partial charge in [0.25, 0.3) is 5.91 Å². The number of benzene rings is 2. The van der Waals surface area contributed by atoms with Gasteiger partial charge < -0.3 is 15.1 Å². The van der Waals surface area contributed by atoms with Crippen LogP contribution in [0.1, 0.15) is 49.0 Å². The van der Waals surface area contributed by atoms with Crippen molar-refractivity contribution in [3.8, 4) is 0 Å². The van der Waals surface area contributed by atoms with Crippen LogP contribution in [0.15, 0.2) is 42.5 Å². The highest BCUT2D eigenvalue weighted by Crippen LogP contribution is 2.32. The van der Waals surface area contributed by atoms with Crippen molar-refractivity contribution in [2.45, 2.75) is 45.7 Å². The molecule has 160 valence electrons. The first-order valence-corrected chi connectivity index (χ1v) is 10.9. The number of hydrogen-bond donors (Lipinski definition) is 1. The Labute approximate surface area is 184 Å². The first-order valence-electron chi connectivity index (χ1n) is 10.5. The van der Waals surface area contributed by atoms with Crippen LogP contribution in [0.3, 0.4) is 0 Å². The van der Waals surface area contributed by atoms with Gasteiger partial charge in [0.2, 0.25) is 5.91 Å². The molecule has 0 spiro atoms. The molecule has 0 bridgehead atoms. The number of carbonyl (C=O) groups is 2. The van der Waals surface area contributed by atoms with Crippen molar-refractivity contribution in [3.05, 3.63) is 58.6 Å². The summed E-state index contributed by atoms with van der Waals surface area (Å²) in [5.74, 6) is 0.122. The second-order valence-corrected chi connectivity index (χ2v) is 8.58. The lowest BCUT2D eigenvalue weighted by Gasteiger charge is -2.31. The summed E-state index contributed by atoms with van der Waals surface area (Å²) in [5.41, 5.74) is 3.26. The molecule has 2 aromatic carbocycles. The molecule has 0 unspecified atom stereocenters. The molecule has 0 heterocycles. The Kier molecular flexibility index (Phi) is 7.03. The number of hydrogen-bond acceptors (Lipinski definition) is 3. The third-order valence-electron chi connectivity index (χ3n) is 5.61. The molecule has 1 aliphatic carbocycles. The maximum Gasteiger partial charge on any atom is 0.255 e. The molecule has 0 radical (unpaired) electrons. The van der Waals surface area contributed by atoms with Crippen LogP contribution in [0.25, 0.3) is 0 Å². The molecule has 1 N–H and O–H groups in total. The van der Waals surface area contributed by atoms with Gasteiger partial charge in [-0.05, 0) is 62.1 Å². The highest BCUT2D eigenvalue weighted by atomic mass is 35.5. The zero-order valence-corrected chi connectivity index (χ0v) is 18.9. The van der Waals surface area contributed by atoms with Crippen molar-refractivity contribution in [2.24, 2.45) is 5.92 Å². The number of carbonyl (C=O) groups excluding carboxylic acids is 2. The van der Waals surface area contributed by atoms with Crippen LogP contribution in [-0.2, 0) is 11.3 Å². The van der Waals surface area contributed by atoms with Crippen LogP contribution in [0.2, 0.25) is 5.02 Å². The van der Waals surface area contributed by atoms with Crippen molar-refractivity contribution in [1.29, 1.82) is 0 Å². The van der Waals surface area contributed by atoms with Crippen molar-refractivity contribution in [3.63, 3.8) is 0 Å². The number of amides is 2. The topological polar surface area (TPSA) is 52.7 Å². The Bertz CT molecular complexity index is 924. The normalized spacial score (nSPS) is 14.2. The van der Waals surface area contributed by atoms with E-state index in [-0.39, 0.29) is 23.8 Å². The average molecular weight is 428 g/mol. The number of halogens is 1. The van der Waals surface area contributed by atoms with Gasteiger partial charge >= 0.3 is 0 Å². The summed E-state index contributed by atoms with van der Waals surface area (Å²) in [6.07, 6.45) is 2.75. The molecule has 2 aromatic rings. The minimum Gasteiger partial charge on any atom is -0.377 e. The summed E-state index contributed by atoms with van der Waals surface area (Å²) < 4.78 is 0. The van der Waals surface area contributed by atoms with Gasteiger partial charge in [-0.1, -0.05) is 30.7 Å². The highest BCUT2D eigenvalue weighted by molar-refractivity contribution is 6.33. The van der Waals surface area contributed by atoms with E-state index in [4.69, 9.17) is 11.6 Å². The van der Waals surface area contributed by atoms with E-state index in [1.54, 1.807) is 12.1 Å². The van der Waals surface area contributed by atoms with E-state index in [9.17, 15) is 9.59 Å². The Hall–Kier alpha value is -2.53. The number of nitrogens with one attached hydrogen (secondary N) is 1. The van der Waals surface area contributed by atoms with Crippen LogP contribution >= 0.6 is 11.6 Å². The lowest BCUT2D eigenvalue weighted by atomic mass is 10.1. The summed E-state index contributed by atoms with van der Waals surface area (Å²) >= 11 is 6.31. The van der Waals surface area contributed by atoms with E-state index in [0.29, 0.717) is 17.1 Å². The third-order valence-corrected chi connectivity index (χ3v) is 5.94. The fraction of sp³-hybridized carbons (Fsp3) is 0.417. The fourth-order valence-corrected chi connectivity index (χ4v) is 3.65. The molecule has 2 amide bonds. The predicted molar refractivity (Wildman–Crippen MR) is 123 cm³/mol. The quantitative estimate of drug-likeness (QED) is 0.630. The second-order valence-electron chi connectivity index (χ2n) is 8.17. The number of anilines is 2. The molecular weight excluding hydrogens is 398 g/mol. The molecule has 1 atom stereocenters. The van der Waals surface area contributed by atoms with Gasteiger partial charge in [-0.25, -0.2) is 0 Å². The summed E-state index contributed by atoms with van der Waals surface area (Å²) in [4.78, 5) is 29.5. The Balaban J connectivity index is 1.92. The molecule has 3 rings (SSSR count). The van der Waals surface area contributed by atoms with Crippen LogP contribution in [0.5, 0.6) is 0 Å². The fourth-order valence-electron chi connectivity index (χ4n) is 3.44. The van der Waals surface area contributed by atoms with Crippen LogP contribution in [-0.4, -0.2) is 36.9 Å². The van der Waals surface area contributed by atoms with Gasteiger partial charge in [0.1, 0.15) is 0 Å². The van der Waals surface area contributed by atoms with E-state index in [0.717, 1.165) is 36.2 Å². The lowest BCUT2D eigenvalue weighted by Crippen LogP contribution is -2.38. The number of rotatable bonds is 8. The molecule has 1 saturated carbocycles. The molecule has 5 nitrogen and oxygen atoms in total. The third kappa shape index (κ3) is 5.14. The van der Waals surface area contributed by atoms with E-state index in [1.807, 2.05) is 61.2 Å². The molecule has 1 fully saturated rings. The van der Waals surface area contributed by atoms with Gasteiger partial charge in [-0.2, -0.15) is 0 Å². The van der Waals surface area contributed by atoms with Gasteiger partial charge in [0.15, 0.2) is 0 Å². The zero-order chi connectivity index (χ0) is 21.8. The van der Waals surface area contributed by atoms with E-state index >= 15 is 0 Å². The maximum absolute atomic E-state index is 13.4. The van der Waals surface area contributed by atoms with E-state index in [2.05, 4.69) is 12.2 Å². The molecular formula is C24H30ClN3O2. The average Bonchev–Trinajstić information content (AvgIpc) is 3.57. The van der Waals surface area contributed by atoms with Crippen molar-refractivity contribution in [1.82, 2.24) is 4.90 Å². The minimum atomic E-state index is -0.0907. The first-order chi connectivity index (χ1) is 14.3. The summed E-state index contributed by atoms with van der Waals surface area (Å²) in [6.45, 7) is 4.54. The smallest absolute Gasteiger partial charge is 0.255 e. The predicted octanol–water partition coefficient (Wildman–Crippen LogP) is 5.20. The molecule has 30 heavy (non-hydrogen) atoms.